The van der Waals surface area contributed by atoms with Crippen LogP contribution in [-0.4, -0.2) is 15.5 Å². The van der Waals surface area contributed by atoms with Gasteiger partial charge in [-0.2, -0.15) is 0 Å². The molecule has 112 valence electrons. The van der Waals surface area contributed by atoms with Crippen LogP contribution in [0.25, 0.3) is 0 Å². The van der Waals surface area contributed by atoms with Crippen LogP contribution in [0.2, 0.25) is 5.02 Å². The van der Waals surface area contributed by atoms with Crippen LogP contribution in [0.3, 0.4) is 0 Å². The maximum atomic E-state index is 13.1. The van der Waals surface area contributed by atoms with Crippen LogP contribution >= 0.6 is 34.2 Å². The molecule has 0 heterocycles. The SMILES string of the molecule is COc1ccc(S(=O)(=O)Nc2ccc(F)c(Cl)c2)cc1I. The van der Waals surface area contributed by atoms with Crippen molar-refractivity contribution >= 4 is 49.9 Å². The maximum absolute atomic E-state index is 13.1. The minimum Gasteiger partial charge on any atom is -0.496 e. The van der Waals surface area contributed by atoms with Crippen molar-refractivity contribution in [1.29, 1.82) is 0 Å². The Morgan fingerprint density at radius 1 is 1.24 bits per heavy atom. The maximum Gasteiger partial charge on any atom is 0.261 e. The van der Waals surface area contributed by atoms with Crippen molar-refractivity contribution in [2.24, 2.45) is 0 Å². The highest BCUT2D eigenvalue weighted by Gasteiger charge is 2.16. The first-order valence-corrected chi connectivity index (χ1v) is 8.59. The molecule has 0 amide bonds. The van der Waals surface area contributed by atoms with Gasteiger partial charge in [0, 0.05) is 0 Å². The van der Waals surface area contributed by atoms with Gasteiger partial charge in [-0.3, -0.25) is 4.72 Å². The van der Waals surface area contributed by atoms with Crippen LogP contribution in [0.15, 0.2) is 41.3 Å². The van der Waals surface area contributed by atoms with E-state index in [2.05, 4.69) is 4.72 Å². The fraction of sp³-hybridized carbons (Fsp3) is 0.0769. The number of hydrogen-bond donors (Lipinski definition) is 1. The average Bonchev–Trinajstić information content (AvgIpc) is 2.42. The summed E-state index contributed by atoms with van der Waals surface area (Å²) < 4.78 is 45.7. The molecule has 21 heavy (non-hydrogen) atoms. The van der Waals surface area contributed by atoms with Crippen LogP contribution < -0.4 is 9.46 Å². The number of benzene rings is 2. The quantitative estimate of drug-likeness (QED) is 0.733. The van der Waals surface area contributed by atoms with E-state index in [-0.39, 0.29) is 15.6 Å². The largest absolute Gasteiger partial charge is 0.496 e. The first kappa shape index (κ1) is 16.3. The van der Waals surface area contributed by atoms with Gasteiger partial charge < -0.3 is 4.74 Å². The monoisotopic (exact) mass is 441 g/mol. The van der Waals surface area contributed by atoms with Gasteiger partial charge in [0.15, 0.2) is 0 Å². The fourth-order valence-corrected chi connectivity index (χ4v) is 3.79. The summed E-state index contributed by atoms with van der Waals surface area (Å²) in [6.45, 7) is 0. The molecule has 0 bridgehead atoms. The van der Waals surface area contributed by atoms with E-state index in [1.54, 1.807) is 6.07 Å². The van der Waals surface area contributed by atoms with Gasteiger partial charge in [-0.25, -0.2) is 12.8 Å². The summed E-state index contributed by atoms with van der Waals surface area (Å²) in [6, 6.07) is 8.07. The minimum absolute atomic E-state index is 0.0770. The Labute approximate surface area is 140 Å². The Hall–Kier alpha value is -1.06. The number of halogens is 3. The minimum atomic E-state index is -3.78. The molecule has 0 aliphatic heterocycles. The smallest absolute Gasteiger partial charge is 0.261 e. The Morgan fingerprint density at radius 3 is 2.52 bits per heavy atom. The summed E-state index contributed by atoms with van der Waals surface area (Å²) in [4.78, 5) is 0.0770. The lowest BCUT2D eigenvalue weighted by Crippen LogP contribution is -2.13. The van der Waals surface area contributed by atoms with Crippen molar-refractivity contribution in [2.45, 2.75) is 4.90 Å². The van der Waals surface area contributed by atoms with Crippen molar-refractivity contribution < 1.29 is 17.5 Å². The highest BCUT2D eigenvalue weighted by Crippen LogP contribution is 2.26. The first-order valence-electron chi connectivity index (χ1n) is 5.65. The van der Waals surface area contributed by atoms with Gasteiger partial charge >= 0.3 is 0 Å². The van der Waals surface area contributed by atoms with E-state index in [1.165, 1.54) is 31.4 Å². The predicted molar refractivity (Wildman–Crippen MR) is 87.9 cm³/mol. The molecule has 0 spiro atoms. The van der Waals surface area contributed by atoms with Gasteiger partial charge in [0.2, 0.25) is 0 Å². The first-order chi connectivity index (χ1) is 9.83. The lowest BCUT2D eigenvalue weighted by atomic mass is 10.3. The number of anilines is 1. The fourth-order valence-electron chi connectivity index (χ4n) is 1.59. The molecule has 2 aromatic rings. The number of nitrogens with one attached hydrogen (secondary N) is 1. The zero-order valence-electron chi connectivity index (χ0n) is 10.7. The molecule has 1 N–H and O–H groups in total. The van der Waals surface area contributed by atoms with Gasteiger partial charge in [0.05, 0.1) is 26.3 Å². The van der Waals surface area contributed by atoms with E-state index < -0.39 is 15.8 Å². The molecule has 0 fully saturated rings. The van der Waals surface area contributed by atoms with Crippen LogP contribution in [-0.2, 0) is 10.0 Å². The molecular formula is C13H10ClFINO3S. The summed E-state index contributed by atoms with van der Waals surface area (Å²) in [7, 11) is -2.28. The van der Waals surface area contributed by atoms with Crippen LogP contribution in [0.1, 0.15) is 0 Å². The van der Waals surface area contributed by atoms with Gasteiger partial charge in [-0.05, 0) is 59.0 Å². The number of methoxy groups -OCH3 is 1. The third kappa shape index (κ3) is 3.78. The number of sulfonamides is 1. The third-order valence-corrected chi connectivity index (χ3v) is 5.12. The number of hydrogen-bond acceptors (Lipinski definition) is 3. The van der Waals surface area contributed by atoms with Gasteiger partial charge in [-0.15, -0.1) is 0 Å². The second-order valence-electron chi connectivity index (χ2n) is 4.03. The Kier molecular flexibility index (Phi) is 4.95. The lowest BCUT2D eigenvalue weighted by Gasteiger charge is -2.10. The molecule has 0 aliphatic carbocycles. The van der Waals surface area contributed by atoms with E-state index in [9.17, 15) is 12.8 Å². The third-order valence-electron chi connectivity index (χ3n) is 2.61. The lowest BCUT2D eigenvalue weighted by molar-refractivity contribution is 0.411. The Bertz CT molecular complexity index is 783. The average molecular weight is 442 g/mol. The predicted octanol–water partition coefficient (Wildman–Crippen LogP) is 3.89. The summed E-state index contributed by atoms with van der Waals surface area (Å²) in [6.07, 6.45) is 0. The number of rotatable bonds is 4. The van der Waals surface area contributed by atoms with Crippen molar-refractivity contribution in [1.82, 2.24) is 0 Å². The van der Waals surface area contributed by atoms with E-state index >= 15 is 0 Å². The van der Waals surface area contributed by atoms with Crippen molar-refractivity contribution in [2.75, 3.05) is 11.8 Å². The second-order valence-corrected chi connectivity index (χ2v) is 7.28. The molecular weight excluding hydrogens is 432 g/mol. The van der Waals surface area contributed by atoms with Crippen molar-refractivity contribution in [3.63, 3.8) is 0 Å². The molecule has 4 nitrogen and oxygen atoms in total. The van der Waals surface area contributed by atoms with Gasteiger partial charge in [-0.1, -0.05) is 11.6 Å². The van der Waals surface area contributed by atoms with Crippen LogP contribution in [0, 0.1) is 9.39 Å². The van der Waals surface area contributed by atoms with Crippen LogP contribution in [0.4, 0.5) is 10.1 Å². The molecule has 0 unspecified atom stereocenters. The summed E-state index contributed by atoms with van der Waals surface area (Å²) in [5, 5.41) is -0.153. The number of ether oxygens (including phenoxy) is 1. The standard InChI is InChI=1S/C13H10ClFINO3S/c1-20-13-5-3-9(7-12(13)16)21(18,19)17-8-2-4-11(15)10(14)6-8/h2-7,17H,1H3. The zero-order valence-corrected chi connectivity index (χ0v) is 14.5. The highest BCUT2D eigenvalue weighted by atomic mass is 127. The van der Waals surface area contributed by atoms with E-state index in [1.807, 2.05) is 22.6 Å². The topological polar surface area (TPSA) is 55.4 Å². The Balaban J connectivity index is 2.33. The normalized spacial score (nSPS) is 11.2. The molecule has 2 aromatic carbocycles. The Morgan fingerprint density at radius 2 is 1.95 bits per heavy atom. The molecule has 0 aromatic heterocycles. The van der Waals surface area contributed by atoms with E-state index in [0.29, 0.717) is 9.32 Å². The molecule has 2 rings (SSSR count). The summed E-state index contributed by atoms with van der Waals surface area (Å²) in [5.74, 6) is -0.0296. The summed E-state index contributed by atoms with van der Waals surface area (Å²) in [5.41, 5.74) is 0.187. The van der Waals surface area contributed by atoms with Gasteiger partial charge in [0.25, 0.3) is 10.0 Å². The highest BCUT2D eigenvalue weighted by molar-refractivity contribution is 14.1. The summed E-state index contributed by atoms with van der Waals surface area (Å²) >= 11 is 7.60. The van der Waals surface area contributed by atoms with Crippen molar-refractivity contribution in [3.8, 4) is 5.75 Å². The van der Waals surface area contributed by atoms with Crippen LogP contribution in [0.5, 0.6) is 5.75 Å². The molecule has 0 radical (unpaired) electrons. The zero-order chi connectivity index (χ0) is 15.6. The second kappa shape index (κ2) is 6.37. The van der Waals surface area contributed by atoms with Gasteiger partial charge in [0.1, 0.15) is 11.6 Å². The van der Waals surface area contributed by atoms with E-state index in [4.69, 9.17) is 16.3 Å². The molecule has 0 aliphatic rings. The van der Waals surface area contributed by atoms with Crippen molar-refractivity contribution in [3.05, 3.63) is 50.8 Å². The molecule has 0 atom stereocenters. The molecule has 0 saturated heterocycles. The molecule has 0 saturated carbocycles. The van der Waals surface area contributed by atoms with E-state index in [0.717, 1.165) is 6.07 Å². The molecule has 8 heteroatoms.